The van der Waals surface area contributed by atoms with Crippen molar-refractivity contribution in [3.8, 4) is 22.4 Å². The molecule has 1 amide bonds. The van der Waals surface area contributed by atoms with Gasteiger partial charge in [0.1, 0.15) is 11.5 Å². The van der Waals surface area contributed by atoms with Gasteiger partial charge in [-0.05, 0) is 53.8 Å². The number of halogens is 4. The van der Waals surface area contributed by atoms with Crippen LogP contribution in [-0.2, 0) is 23.8 Å². The van der Waals surface area contributed by atoms with E-state index in [9.17, 15) is 18.0 Å². The molecular formula is C30H24F4N4O2. The Morgan fingerprint density at radius 2 is 1.70 bits per heavy atom. The number of aliphatic hydroxyl groups is 1. The van der Waals surface area contributed by atoms with Gasteiger partial charge >= 0.3 is 6.18 Å². The van der Waals surface area contributed by atoms with Gasteiger partial charge in [-0.3, -0.25) is 9.78 Å². The molecule has 5 aromatic rings. The molecule has 0 saturated heterocycles. The normalized spacial score (nSPS) is 11.6. The van der Waals surface area contributed by atoms with Crippen molar-refractivity contribution in [2.45, 2.75) is 25.4 Å². The van der Waals surface area contributed by atoms with E-state index in [1.54, 1.807) is 18.3 Å². The van der Waals surface area contributed by atoms with Gasteiger partial charge < -0.3 is 15.4 Å². The number of nitrogens with zero attached hydrogens (tertiary/aromatic N) is 2. The van der Waals surface area contributed by atoms with Crippen LogP contribution in [0.4, 0.5) is 23.2 Å². The first-order valence-corrected chi connectivity index (χ1v) is 12.5. The molecule has 2 aromatic carbocycles. The zero-order valence-electron chi connectivity index (χ0n) is 21.1. The summed E-state index contributed by atoms with van der Waals surface area (Å²) in [7, 11) is 0. The molecular weight excluding hydrogens is 524 g/mol. The molecule has 3 heterocycles. The van der Waals surface area contributed by atoms with Crippen LogP contribution in [0.2, 0.25) is 0 Å². The lowest BCUT2D eigenvalue weighted by molar-refractivity contribution is -0.137. The van der Waals surface area contributed by atoms with E-state index in [1.165, 1.54) is 6.07 Å². The summed E-state index contributed by atoms with van der Waals surface area (Å²) >= 11 is 0. The first-order valence-electron chi connectivity index (χ1n) is 12.5. The van der Waals surface area contributed by atoms with Gasteiger partial charge in [-0.1, -0.05) is 36.4 Å². The minimum Gasteiger partial charge on any atom is -0.396 e. The molecule has 0 aliphatic heterocycles. The van der Waals surface area contributed by atoms with Crippen LogP contribution in [0.3, 0.4) is 0 Å². The lowest BCUT2D eigenvalue weighted by Gasteiger charge is -2.10. The molecule has 0 saturated carbocycles. The van der Waals surface area contributed by atoms with Gasteiger partial charge in [0.05, 0.1) is 23.9 Å². The zero-order valence-corrected chi connectivity index (χ0v) is 21.1. The Hall–Kier alpha value is -4.57. The quantitative estimate of drug-likeness (QED) is 0.192. The second-order valence-corrected chi connectivity index (χ2v) is 9.37. The number of aromatic amines is 1. The largest absolute Gasteiger partial charge is 0.417 e. The number of aliphatic hydroxyl groups excluding tert-OH is 1. The Labute approximate surface area is 226 Å². The molecule has 0 aliphatic rings. The summed E-state index contributed by atoms with van der Waals surface area (Å²) in [6, 6.07) is 16.9. The van der Waals surface area contributed by atoms with Crippen LogP contribution in [0, 0.1) is 5.82 Å². The van der Waals surface area contributed by atoms with E-state index < -0.39 is 23.5 Å². The van der Waals surface area contributed by atoms with Crippen molar-refractivity contribution in [2.75, 3.05) is 11.9 Å². The highest BCUT2D eigenvalue weighted by Crippen LogP contribution is 2.31. The maximum atomic E-state index is 15.1. The highest BCUT2D eigenvalue weighted by atomic mass is 19.4. The van der Waals surface area contributed by atoms with E-state index in [1.807, 2.05) is 36.4 Å². The maximum absolute atomic E-state index is 15.1. The Balaban J connectivity index is 1.29. The van der Waals surface area contributed by atoms with Crippen molar-refractivity contribution in [3.05, 3.63) is 102 Å². The van der Waals surface area contributed by atoms with Crippen molar-refractivity contribution in [1.29, 1.82) is 0 Å². The van der Waals surface area contributed by atoms with Crippen molar-refractivity contribution >= 4 is 22.6 Å². The molecule has 3 aromatic heterocycles. The highest BCUT2D eigenvalue weighted by molar-refractivity contribution is 5.92. The standard InChI is InChI=1S/C30H24F4N4O2/c31-26-10-19(11-28(40)37-24-14-23(16-35-17-24)30(32,33)34)5-8-25(26)22-12-21-13-27(38-29(21)36-15-22)20-6-3-18(4-7-20)2-1-9-39/h3-8,10,12-17,39H,1-2,9,11H2,(H,36,38)(H,37,40). The monoisotopic (exact) mass is 548 g/mol. The predicted molar refractivity (Wildman–Crippen MR) is 144 cm³/mol. The number of hydrogen-bond donors (Lipinski definition) is 3. The fourth-order valence-electron chi connectivity index (χ4n) is 4.41. The molecule has 3 N–H and O–H groups in total. The minimum absolute atomic E-state index is 0.0974. The number of aryl methyl sites for hydroxylation is 1. The number of anilines is 1. The number of alkyl halides is 3. The van der Waals surface area contributed by atoms with Crippen molar-refractivity contribution in [2.24, 2.45) is 0 Å². The molecule has 5 rings (SSSR count). The van der Waals surface area contributed by atoms with E-state index in [0.717, 1.165) is 40.9 Å². The number of amides is 1. The first-order chi connectivity index (χ1) is 19.2. The topological polar surface area (TPSA) is 90.9 Å². The number of rotatable bonds is 8. The van der Waals surface area contributed by atoms with Gasteiger partial charge in [0.2, 0.25) is 5.91 Å². The third-order valence-electron chi connectivity index (χ3n) is 6.42. The molecule has 10 heteroatoms. The third-order valence-corrected chi connectivity index (χ3v) is 6.42. The molecule has 0 aliphatic carbocycles. The van der Waals surface area contributed by atoms with Crippen LogP contribution < -0.4 is 5.32 Å². The van der Waals surface area contributed by atoms with E-state index in [2.05, 4.69) is 20.3 Å². The predicted octanol–water partition coefficient (Wildman–Crippen LogP) is 6.56. The summed E-state index contributed by atoms with van der Waals surface area (Å²) in [6.45, 7) is 0.150. The molecule has 0 spiro atoms. The van der Waals surface area contributed by atoms with E-state index in [-0.39, 0.29) is 18.7 Å². The third kappa shape index (κ3) is 6.18. The Morgan fingerprint density at radius 1 is 0.925 bits per heavy atom. The van der Waals surface area contributed by atoms with Crippen LogP contribution in [0.5, 0.6) is 0 Å². The van der Waals surface area contributed by atoms with Crippen LogP contribution >= 0.6 is 0 Å². The van der Waals surface area contributed by atoms with Crippen molar-refractivity contribution in [3.63, 3.8) is 0 Å². The summed E-state index contributed by atoms with van der Waals surface area (Å²) in [5.41, 5.74) is 3.77. The Kier molecular flexibility index (Phi) is 7.61. The number of hydrogen-bond acceptors (Lipinski definition) is 4. The second-order valence-electron chi connectivity index (χ2n) is 9.37. The van der Waals surface area contributed by atoms with Gasteiger partial charge in [-0.25, -0.2) is 9.37 Å². The number of nitrogens with one attached hydrogen (secondary N) is 2. The number of fused-ring (bicyclic) bond motifs is 1. The summed E-state index contributed by atoms with van der Waals surface area (Å²) in [5, 5.41) is 12.2. The highest BCUT2D eigenvalue weighted by Gasteiger charge is 2.31. The van der Waals surface area contributed by atoms with Gasteiger partial charge in [-0.2, -0.15) is 13.2 Å². The molecule has 6 nitrogen and oxygen atoms in total. The summed E-state index contributed by atoms with van der Waals surface area (Å²) < 4.78 is 53.7. The Morgan fingerprint density at radius 3 is 2.42 bits per heavy atom. The van der Waals surface area contributed by atoms with Crippen molar-refractivity contribution in [1.82, 2.24) is 15.0 Å². The Bertz CT molecular complexity index is 1660. The molecule has 40 heavy (non-hydrogen) atoms. The SMILES string of the molecule is O=C(Cc1ccc(-c2cnc3[nH]c(-c4ccc(CCCO)cc4)cc3c2)c(F)c1)Nc1cncc(C(F)(F)F)c1. The summed E-state index contributed by atoms with van der Waals surface area (Å²) in [5.74, 6) is -1.15. The maximum Gasteiger partial charge on any atom is 0.417 e. The smallest absolute Gasteiger partial charge is 0.396 e. The number of carbonyl (C=O) groups is 1. The number of carbonyl (C=O) groups excluding carboxylic acids is 1. The average molecular weight is 549 g/mol. The van der Waals surface area contributed by atoms with Crippen LogP contribution in [0.15, 0.2) is 79.3 Å². The fourth-order valence-corrected chi connectivity index (χ4v) is 4.41. The van der Waals surface area contributed by atoms with E-state index in [4.69, 9.17) is 5.11 Å². The lowest BCUT2D eigenvalue weighted by atomic mass is 10.0. The van der Waals surface area contributed by atoms with Crippen LogP contribution in [0.1, 0.15) is 23.1 Å². The van der Waals surface area contributed by atoms with Gasteiger partial charge in [0.15, 0.2) is 0 Å². The average Bonchev–Trinajstić information content (AvgIpc) is 3.35. The minimum atomic E-state index is -4.58. The first kappa shape index (κ1) is 27.0. The zero-order chi connectivity index (χ0) is 28.3. The summed E-state index contributed by atoms with van der Waals surface area (Å²) in [4.78, 5) is 23.6. The molecule has 0 bridgehead atoms. The van der Waals surface area contributed by atoms with Crippen LogP contribution in [-0.4, -0.2) is 32.6 Å². The molecule has 0 atom stereocenters. The lowest BCUT2D eigenvalue weighted by Crippen LogP contribution is -2.15. The summed E-state index contributed by atoms with van der Waals surface area (Å²) in [6.07, 6.45) is 0.0385. The van der Waals surface area contributed by atoms with Gasteiger partial charge in [0.25, 0.3) is 0 Å². The van der Waals surface area contributed by atoms with Crippen molar-refractivity contribution < 1.29 is 27.5 Å². The molecule has 0 fully saturated rings. The van der Waals surface area contributed by atoms with E-state index >= 15 is 4.39 Å². The number of H-pyrrole nitrogens is 1. The van der Waals surface area contributed by atoms with Crippen LogP contribution in [0.25, 0.3) is 33.4 Å². The number of aromatic nitrogens is 3. The molecule has 204 valence electrons. The van der Waals surface area contributed by atoms with Gasteiger partial charge in [0, 0.05) is 41.2 Å². The number of benzene rings is 2. The molecule has 0 radical (unpaired) electrons. The fraction of sp³-hybridized carbons (Fsp3) is 0.167. The second kappa shape index (κ2) is 11.3. The van der Waals surface area contributed by atoms with E-state index in [0.29, 0.717) is 35.0 Å². The number of pyridine rings is 2. The van der Waals surface area contributed by atoms with Gasteiger partial charge in [-0.15, -0.1) is 0 Å². The molecule has 0 unspecified atom stereocenters.